The third-order valence-electron chi connectivity index (χ3n) is 3.34. The second-order valence-electron chi connectivity index (χ2n) is 4.64. The molecular formula is C14H12BrClFNS. The van der Waals surface area contributed by atoms with E-state index in [2.05, 4.69) is 27.3 Å². The van der Waals surface area contributed by atoms with E-state index in [4.69, 9.17) is 11.6 Å². The van der Waals surface area contributed by atoms with Gasteiger partial charge < -0.3 is 5.32 Å². The van der Waals surface area contributed by atoms with Crippen LogP contribution in [0.1, 0.15) is 29.3 Å². The quantitative estimate of drug-likeness (QED) is 0.714. The Morgan fingerprint density at radius 2 is 2.21 bits per heavy atom. The molecule has 1 unspecified atom stereocenters. The summed E-state index contributed by atoms with van der Waals surface area (Å²) >= 11 is 11.2. The first-order chi connectivity index (χ1) is 9.13. The molecule has 0 fully saturated rings. The maximum absolute atomic E-state index is 13.1. The predicted octanol–water partition coefficient (Wildman–Crippen LogP) is 5.79. The van der Waals surface area contributed by atoms with E-state index in [1.807, 2.05) is 0 Å². The van der Waals surface area contributed by atoms with E-state index in [1.165, 1.54) is 22.6 Å². The van der Waals surface area contributed by atoms with E-state index in [0.717, 1.165) is 33.8 Å². The number of anilines is 1. The molecule has 0 spiro atoms. The highest BCUT2D eigenvalue weighted by Gasteiger charge is 2.23. The molecule has 1 heterocycles. The van der Waals surface area contributed by atoms with Crippen LogP contribution in [-0.4, -0.2) is 0 Å². The molecule has 0 saturated heterocycles. The Morgan fingerprint density at radius 1 is 1.37 bits per heavy atom. The molecule has 0 bridgehead atoms. The van der Waals surface area contributed by atoms with Crippen LogP contribution in [0.4, 0.5) is 10.1 Å². The molecule has 3 rings (SSSR count). The summed E-state index contributed by atoms with van der Waals surface area (Å²) in [6.07, 6.45) is 3.33. The standard InChI is InChI=1S/C14H12BrClFNS/c15-10-6-8(17)4-5-12(10)18-11-2-1-3-13-9(11)7-14(16)19-13/h4-7,11,18H,1-3H2. The summed E-state index contributed by atoms with van der Waals surface area (Å²) in [4.78, 5) is 1.37. The van der Waals surface area contributed by atoms with E-state index in [0.29, 0.717) is 0 Å². The first-order valence-corrected chi connectivity index (χ1v) is 8.12. The largest absolute Gasteiger partial charge is 0.377 e. The van der Waals surface area contributed by atoms with E-state index in [1.54, 1.807) is 17.4 Å². The van der Waals surface area contributed by atoms with Crippen molar-refractivity contribution in [1.29, 1.82) is 0 Å². The van der Waals surface area contributed by atoms with Crippen LogP contribution in [0.25, 0.3) is 0 Å². The van der Waals surface area contributed by atoms with Crippen molar-refractivity contribution in [3.63, 3.8) is 0 Å². The van der Waals surface area contributed by atoms with Crippen LogP contribution in [0.2, 0.25) is 4.34 Å². The van der Waals surface area contributed by atoms with E-state index in [-0.39, 0.29) is 11.9 Å². The molecule has 1 N–H and O–H groups in total. The third kappa shape index (κ3) is 2.81. The molecule has 1 aromatic carbocycles. The second-order valence-corrected chi connectivity index (χ2v) is 7.26. The minimum absolute atomic E-state index is 0.236. The molecule has 5 heteroatoms. The molecule has 0 radical (unpaired) electrons. The number of halogens is 3. The lowest BCUT2D eigenvalue weighted by Gasteiger charge is -2.25. The molecule has 100 valence electrons. The maximum atomic E-state index is 13.1. The normalized spacial score (nSPS) is 18.2. The van der Waals surface area contributed by atoms with Gasteiger partial charge in [0.05, 0.1) is 10.4 Å². The molecule has 0 aliphatic heterocycles. The van der Waals surface area contributed by atoms with Crippen LogP contribution in [0.3, 0.4) is 0 Å². The molecule has 2 aromatic rings. The summed E-state index contributed by atoms with van der Waals surface area (Å²) in [5.41, 5.74) is 2.21. The van der Waals surface area contributed by atoms with Gasteiger partial charge in [0.2, 0.25) is 0 Å². The minimum Gasteiger partial charge on any atom is -0.377 e. The number of fused-ring (bicyclic) bond motifs is 1. The zero-order valence-electron chi connectivity index (χ0n) is 10.1. The Morgan fingerprint density at radius 3 is 3.00 bits per heavy atom. The van der Waals surface area contributed by atoms with Crippen molar-refractivity contribution in [2.45, 2.75) is 25.3 Å². The SMILES string of the molecule is Fc1ccc(NC2CCCc3sc(Cl)cc32)c(Br)c1. The van der Waals surface area contributed by atoms with Crippen molar-refractivity contribution < 1.29 is 4.39 Å². The van der Waals surface area contributed by atoms with Gasteiger partial charge in [-0.1, -0.05) is 11.6 Å². The zero-order valence-corrected chi connectivity index (χ0v) is 13.2. The molecular weight excluding hydrogens is 349 g/mol. The van der Waals surface area contributed by atoms with Gasteiger partial charge in [-0.25, -0.2) is 4.39 Å². The number of rotatable bonds is 2. The van der Waals surface area contributed by atoms with Crippen LogP contribution >= 0.6 is 38.9 Å². The lowest BCUT2D eigenvalue weighted by Crippen LogP contribution is -2.15. The number of benzene rings is 1. The summed E-state index contributed by atoms with van der Waals surface area (Å²) in [5.74, 6) is -0.236. The Kier molecular flexibility index (Phi) is 3.83. The molecule has 1 aromatic heterocycles. The Labute approximate surface area is 128 Å². The van der Waals surface area contributed by atoms with Gasteiger partial charge in [0, 0.05) is 15.0 Å². The summed E-state index contributed by atoms with van der Waals surface area (Å²) in [6, 6.07) is 7.02. The van der Waals surface area contributed by atoms with Crippen molar-refractivity contribution in [2.75, 3.05) is 5.32 Å². The van der Waals surface area contributed by atoms with Gasteiger partial charge in [-0.3, -0.25) is 0 Å². The lowest BCUT2D eigenvalue weighted by atomic mass is 9.94. The van der Waals surface area contributed by atoms with Crippen LogP contribution in [0.15, 0.2) is 28.7 Å². The Balaban J connectivity index is 1.88. The van der Waals surface area contributed by atoms with E-state index in [9.17, 15) is 4.39 Å². The third-order valence-corrected chi connectivity index (χ3v) is 5.34. The fourth-order valence-electron chi connectivity index (χ4n) is 2.47. The van der Waals surface area contributed by atoms with Gasteiger partial charge in [-0.15, -0.1) is 11.3 Å². The zero-order chi connectivity index (χ0) is 13.4. The first kappa shape index (κ1) is 13.4. The highest BCUT2D eigenvalue weighted by molar-refractivity contribution is 9.10. The van der Waals surface area contributed by atoms with E-state index < -0.39 is 0 Å². The Hall–Kier alpha value is -0.580. The highest BCUT2D eigenvalue weighted by Crippen LogP contribution is 2.40. The van der Waals surface area contributed by atoms with Crippen molar-refractivity contribution in [1.82, 2.24) is 0 Å². The lowest BCUT2D eigenvalue weighted by molar-refractivity contribution is 0.607. The fourth-order valence-corrected chi connectivity index (χ4v) is 4.31. The molecule has 1 atom stereocenters. The van der Waals surface area contributed by atoms with Crippen LogP contribution in [0, 0.1) is 5.82 Å². The average molecular weight is 361 g/mol. The monoisotopic (exact) mass is 359 g/mol. The van der Waals surface area contributed by atoms with Gasteiger partial charge in [0.25, 0.3) is 0 Å². The molecule has 0 amide bonds. The maximum Gasteiger partial charge on any atom is 0.124 e. The molecule has 1 aliphatic carbocycles. The summed E-state index contributed by atoms with van der Waals surface area (Å²) in [6.45, 7) is 0. The number of thiophene rings is 1. The van der Waals surface area contributed by atoms with Crippen molar-refractivity contribution in [3.8, 4) is 0 Å². The molecule has 19 heavy (non-hydrogen) atoms. The van der Waals surface area contributed by atoms with Crippen LogP contribution < -0.4 is 5.32 Å². The molecule has 1 aliphatic rings. The Bertz CT molecular complexity index is 613. The summed E-state index contributed by atoms with van der Waals surface area (Å²) in [7, 11) is 0. The van der Waals surface area contributed by atoms with Crippen molar-refractivity contribution in [3.05, 3.63) is 49.3 Å². The minimum atomic E-state index is -0.236. The number of nitrogens with one attached hydrogen (secondary N) is 1. The van der Waals surface area contributed by atoms with Crippen molar-refractivity contribution >= 4 is 44.6 Å². The predicted molar refractivity (Wildman–Crippen MR) is 82.7 cm³/mol. The average Bonchev–Trinajstić information content (AvgIpc) is 2.74. The van der Waals surface area contributed by atoms with Gasteiger partial charge in [-0.2, -0.15) is 0 Å². The number of aryl methyl sites for hydroxylation is 1. The number of hydrogen-bond donors (Lipinski definition) is 1. The molecule has 0 saturated carbocycles. The number of hydrogen-bond acceptors (Lipinski definition) is 2. The van der Waals surface area contributed by atoms with Gasteiger partial charge >= 0.3 is 0 Å². The fraction of sp³-hybridized carbons (Fsp3) is 0.286. The summed E-state index contributed by atoms with van der Waals surface area (Å²) in [5, 5.41) is 3.48. The first-order valence-electron chi connectivity index (χ1n) is 6.13. The topological polar surface area (TPSA) is 12.0 Å². The van der Waals surface area contributed by atoms with Gasteiger partial charge in [0.1, 0.15) is 5.82 Å². The van der Waals surface area contributed by atoms with Crippen molar-refractivity contribution in [2.24, 2.45) is 0 Å². The van der Waals surface area contributed by atoms with Crippen LogP contribution in [-0.2, 0) is 6.42 Å². The van der Waals surface area contributed by atoms with Gasteiger partial charge in [-0.05, 0) is 65.0 Å². The van der Waals surface area contributed by atoms with E-state index >= 15 is 0 Å². The smallest absolute Gasteiger partial charge is 0.124 e. The second kappa shape index (κ2) is 5.43. The highest BCUT2D eigenvalue weighted by atomic mass is 79.9. The van der Waals surface area contributed by atoms with Gasteiger partial charge in [0.15, 0.2) is 0 Å². The summed E-state index contributed by atoms with van der Waals surface area (Å²) < 4.78 is 14.7. The molecule has 1 nitrogen and oxygen atoms in total. The van der Waals surface area contributed by atoms with Crippen LogP contribution in [0.5, 0.6) is 0 Å².